The molecule has 4 rings (SSSR count). The van der Waals surface area contributed by atoms with Gasteiger partial charge in [0.1, 0.15) is 11.3 Å². The van der Waals surface area contributed by atoms with Gasteiger partial charge in [0, 0.05) is 29.7 Å². The number of benzene rings is 3. The Hall–Kier alpha value is -4.17. The molecule has 0 aliphatic rings. The van der Waals surface area contributed by atoms with E-state index >= 15 is 0 Å². The molecule has 0 fully saturated rings. The van der Waals surface area contributed by atoms with E-state index in [0.717, 1.165) is 5.56 Å². The summed E-state index contributed by atoms with van der Waals surface area (Å²) in [5, 5.41) is 14.4. The minimum Gasteiger partial charge on any atom is -0.482 e. The lowest BCUT2D eigenvalue weighted by molar-refractivity contribution is -0.384. The van der Waals surface area contributed by atoms with Gasteiger partial charge in [-0.3, -0.25) is 14.9 Å². The average molecular weight is 465 g/mol. The van der Waals surface area contributed by atoms with Gasteiger partial charge in [0.15, 0.2) is 6.61 Å². The third-order valence-corrected chi connectivity index (χ3v) is 5.24. The lowest BCUT2D eigenvalue weighted by Crippen LogP contribution is -2.20. The van der Waals surface area contributed by atoms with Crippen molar-refractivity contribution in [1.29, 1.82) is 0 Å². The molecule has 1 heterocycles. The Morgan fingerprint density at radius 3 is 2.61 bits per heavy atom. The van der Waals surface area contributed by atoms with Crippen molar-refractivity contribution in [2.75, 3.05) is 11.9 Å². The third-order valence-electron chi connectivity index (χ3n) is 4.95. The van der Waals surface area contributed by atoms with E-state index in [0.29, 0.717) is 22.2 Å². The second kappa shape index (κ2) is 9.13. The normalized spacial score (nSPS) is 10.7. The van der Waals surface area contributed by atoms with Crippen LogP contribution in [0.25, 0.3) is 22.1 Å². The van der Waals surface area contributed by atoms with Crippen LogP contribution in [-0.2, 0) is 4.79 Å². The lowest BCUT2D eigenvalue weighted by atomic mass is 10.0. The first kappa shape index (κ1) is 22.0. The van der Waals surface area contributed by atoms with Crippen LogP contribution in [0, 0.1) is 17.0 Å². The number of non-ortho nitro benzene ring substituents is 1. The number of rotatable bonds is 6. The number of fused-ring (bicyclic) bond motifs is 1. The number of aryl methyl sites for hydroxylation is 1. The standard InChI is InChI=1S/C24H17ClN2O6/c1-14-7-8-16(27(30)31)9-20(14)26-23(28)13-32-22-12-21-18(10-19(22)25)17(11-24(29)33-21)15-5-3-2-4-6-15/h2-12H,13H2,1H3,(H,26,28). The smallest absolute Gasteiger partial charge is 0.336 e. The Morgan fingerprint density at radius 1 is 1.12 bits per heavy atom. The Bertz CT molecular complexity index is 1430. The molecule has 0 radical (unpaired) electrons. The van der Waals surface area contributed by atoms with Crippen LogP contribution in [0.3, 0.4) is 0 Å². The number of carbonyl (C=O) groups excluding carboxylic acids is 1. The first-order valence-electron chi connectivity index (χ1n) is 9.82. The van der Waals surface area contributed by atoms with Gasteiger partial charge in [-0.1, -0.05) is 48.0 Å². The van der Waals surface area contributed by atoms with Crippen molar-refractivity contribution in [3.05, 3.63) is 97.9 Å². The lowest BCUT2D eigenvalue weighted by Gasteiger charge is -2.12. The Morgan fingerprint density at radius 2 is 1.88 bits per heavy atom. The number of nitrogens with one attached hydrogen (secondary N) is 1. The third kappa shape index (κ3) is 4.86. The fraction of sp³-hybridized carbons (Fsp3) is 0.0833. The molecule has 4 aromatic rings. The van der Waals surface area contributed by atoms with Gasteiger partial charge in [0.2, 0.25) is 0 Å². The summed E-state index contributed by atoms with van der Waals surface area (Å²) in [6.45, 7) is 1.31. The summed E-state index contributed by atoms with van der Waals surface area (Å²) >= 11 is 6.38. The van der Waals surface area contributed by atoms with Crippen molar-refractivity contribution in [3.63, 3.8) is 0 Å². The fourth-order valence-electron chi connectivity index (χ4n) is 3.32. The van der Waals surface area contributed by atoms with Crippen LogP contribution in [-0.4, -0.2) is 17.4 Å². The number of nitrogens with zero attached hydrogens (tertiary/aromatic N) is 1. The highest BCUT2D eigenvalue weighted by atomic mass is 35.5. The summed E-state index contributed by atoms with van der Waals surface area (Å²) in [4.78, 5) is 34.9. The van der Waals surface area contributed by atoms with Gasteiger partial charge in [-0.05, 0) is 29.7 Å². The number of hydrogen-bond acceptors (Lipinski definition) is 6. The van der Waals surface area contributed by atoms with Crippen molar-refractivity contribution in [1.82, 2.24) is 0 Å². The Labute approximate surface area is 192 Å². The van der Waals surface area contributed by atoms with E-state index in [4.69, 9.17) is 20.8 Å². The topological polar surface area (TPSA) is 112 Å². The largest absolute Gasteiger partial charge is 0.482 e. The molecule has 8 nitrogen and oxygen atoms in total. The molecule has 0 spiro atoms. The number of ether oxygens (including phenoxy) is 1. The predicted molar refractivity (Wildman–Crippen MR) is 125 cm³/mol. The highest BCUT2D eigenvalue weighted by molar-refractivity contribution is 6.33. The molecule has 0 aliphatic carbocycles. The maximum absolute atomic E-state index is 12.4. The first-order valence-corrected chi connectivity index (χ1v) is 10.2. The summed E-state index contributed by atoms with van der Waals surface area (Å²) in [5.74, 6) is -0.377. The zero-order valence-corrected chi connectivity index (χ0v) is 18.1. The monoisotopic (exact) mass is 464 g/mol. The summed E-state index contributed by atoms with van der Waals surface area (Å²) in [7, 11) is 0. The zero-order valence-electron chi connectivity index (χ0n) is 17.3. The SMILES string of the molecule is Cc1ccc([N+](=O)[O-])cc1NC(=O)COc1cc2oc(=O)cc(-c3ccccc3)c2cc1Cl. The van der Waals surface area contributed by atoms with Crippen molar-refractivity contribution in [2.24, 2.45) is 0 Å². The van der Waals surface area contributed by atoms with E-state index in [1.54, 1.807) is 19.1 Å². The van der Waals surface area contributed by atoms with Crippen molar-refractivity contribution < 1.29 is 18.9 Å². The van der Waals surface area contributed by atoms with E-state index in [-0.39, 0.29) is 22.0 Å². The van der Waals surface area contributed by atoms with Crippen LogP contribution in [0.1, 0.15) is 5.56 Å². The average Bonchev–Trinajstić information content (AvgIpc) is 2.79. The quantitative estimate of drug-likeness (QED) is 0.234. The zero-order chi connectivity index (χ0) is 23.5. The molecule has 1 aromatic heterocycles. The molecule has 0 atom stereocenters. The van der Waals surface area contributed by atoms with Crippen LogP contribution in [0.4, 0.5) is 11.4 Å². The van der Waals surface area contributed by atoms with E-state index in [9.17, 15) is 19.7 Å². The highest BCUT2D eigenvalue weighted by Crippen LogP contribution is 2.34. The van der Waals surface area contributed by atoms with Crippen molar-refractivity contribution in [2.45, 2.75) is 6.92 Å². The molecule has 1 amide bonds. The number of amides is 1. The second-order valence-corrected chi connectivity index (χ2v) is 7.62. The molecule has 3 aromatic carbocycles. The molecule has 166 valence electrons. The first-order chi connectivity index (χ1) is 15.8. The summed E-state index contributed by atoms with van der Waals surface area (Å²) in [5.41, 5.74) is 2.04. The van der Waals surface area contributed by atoms with Crippen LogP contribution < -0.4 is 15.7 Å². The van der Waals surface area contributed by atoms with Gasteiger partial charge in [0.05, 0.1) is 15.6 Å². The second-order valence-electron chi connectivity index (χ2n) is 7.22. The van der Waals surface area contributed by atoms with Crippen LogP contribution in [0.5, 0.6) is 5.75 Å². The Kier molecular flexibility index (Phi) is 6.10. The van der Waals surface area contributed by atoms with E-state index < -0.39 is 23.1 Å². The van der Waals surface area contributed by atoms with Gasteiger partial charge in [-0.25, -0.2) is 4.79 Å². The summed E-state index contributed by atoms with van der Waals surface area (Å²) < 4.78 is 10.9. The highest BCUT2D eigenvalue weighted by Gasteiger charge is 2.15. The van der Waals surface area contributed by atoms with E-state index in [1.165, 1.54) is 24.3 Å². The number of halogens is 1. The van der Waals surface area contributed by atoms with E-state index in [1.807, 2.05) is 30.3 Å². The van der Waals surface area contributed by atoms with Gasteiger partial charge in [-0.2, -0.15) is 0 Å². The minimum atomic E-state index is -0.544. The fourth-order valence-corrected chi connectivity index (χ4v) is 3.54. The van der Waals surface area contributed by atoms with Crippen LogP contribution in [0.15, 0.2) is 75.9 Å². The molecule has 0 saturated carbocycles. The van der Waals surface area contributed by atoms with Gasteiger partial charge < -0.3 is 14.5 Å². The van der Waals surface area contributed by atoms with Crippen molar-refractivity contribution >= 4 is 39.9 Å². The minimum absolute atomic E-state index is 0.140. The molecule has 0 saturated heterocycles. The number of carbonyl (C=O) groups is 1. The Balaban J connectivity index is 1.57. The molecule has 0 bridgehead atoms. The van der Waals surface area contributed by atoms with Gasteiger partial charge >= 0.3 is 5.63 Å². The predicted octanol–water partition coefficient (Wildman–Crippen LogP) is 5.35. The van der Waals surface area contributed by atoms with Crippen LogP contribution >= 0.6 is 11.6 Å². The molecular formula is C24H17ClN2O6. The number of nitro benzene ring substituents is 1. The number of hydrogen-bond donors (Lipinski definition) is 1. The van der Waals surface area contributed by atoms with Crippen LogP contribution in [0.2, 0.25) is 5.02 Å². The maximum Gasteiger partial charge on any atom is 0.336 e. The maximum atomic E-state index is 12.4. The molecular weight excluding hydrogens is 448 g/mol. The molecule has 9 heteroatoms. The summed E-state index contributed by atoms with van der Waals surface area (Å²) in [6, 6.07) is 18.0. The van der Waals surface area contributed by atoms with Gasteiger partial charge in [0.25, 0.3) is 11.6 Å². The molecule has 33 heavy (non-hydrogen) atoms. The van der Waals surface area contributed by atoms with Crippen molar-refractivity contribution in [3.8, 4) is 16.9 Å². The van der Waals surface area contributed by atoms with Gasteiger partial charge in [-0.15, -0.1) is 0 Å². The molecule has 0 aliphatic heterocycles. The molecule has 1 N–H and O–H groups in total. The number of anilines is 1. The van der Waals surface area contributed by atoms with E-state index in [2.05, 4.69) is 5.32 Å². The number of nitro groups is 1. The molecule has 0 unspecified atom stereocenters. The summed E-state index contributed by atoms with van der Waals surface area (Å²) in [6.07, 6.45) is 0.